The summed E-state index contributed by atoms with van der Waals surface area (Å²) in [6.07, 6.45) is 37.5. The third kappa shape index (κ3) is 35.4. The molecule has 1 aliphatic carbocycles. The highest BCUT2D eigenvalue weighted by molar-refractivity contribution is 7.47. The third-order valence-corrected chi connectivity index (χ3v) is 14.5. The van der Waals surface area contributed by atoms with Crippen molar-refractivity contribution in [3.8, 4) is 0 Å². The number of hydrogen-bond acceptors (Lipinski definition) is 11. The van der Waals surface area contributed by atoms with Crippen LogP contribution in [0.25, 0.3) is 0 Å². The minimum atomic E-state index is -5.02. The molecular weight excluding hydrogens is 860 g/mol. The topological polar surface area (TPSA) is 192 Å². The van der Waals surface area contributed by atoms with Gasteiger partial charge < -0.3 is 39.9 Å². The van der Waals surface area contributed by atoms with E-state index in [0.29, 0.717) is 13.0 Å². The van der Waals surface area contributed by atoms with Gasteiger partial charge in [0.15, 0.2) is 0 Å². The van der Waals surface area contributed by atoms with E-state index in [9.17, 15) is 39.8 Å². The van der Waals surface area contributed by atoms with Gasteiger partial charge in [0.05, 0.1) is 13.2 Å². The summed E-state index contributed by atoms with van der Waals surface area (Å²) in [5.41, 5.74) is 0. The van der Waals surface area contributed by atoms with Crippen LogP contribution in [0.5, 0.6) is 0 Å². The molecule has 0 amide bonds. The van der Waals surface area contributed by atoms with Gasteiger partial charge in [-0.1, -0.05) is 251 Å². The summed E-state index contributed by atoms with van der Waals surface area (Å²) in [6.45, 7) is 4.33. The van der Waals surface area contributed by atoms with Gasteiger partial charge in [0, 0.05) is 13.0 Å². The van der Waals surface area contributed by atoms with E-state index in [4.69, 9.17) is 18.5 Å². The summed E-state index contributed by atoms with van der Waals surface area (Å²) >= 11 is 0. The molecular formula is C53H105O12P. The number of rotatable bonds is 49. The molecule has 13 heteroatoms. The second-order valence-corrected chi connectivity index (χ2v) is 21.2. The SMILES string of the molecule is CCCCCCCCCCCCCCCCCCCCCCCCCOCC(COP(=O)(O)OC1C(O)C(O)C(O)C(O)C1O)OC(=O)CCCCCCCCCCCCCCCCCC. The maximum atomic E-state index is 12.9. The van der Waals surface area contributed by atoms with Crippen LogP contribution in [0.3, 0.4) is 0 Å². The lowest BCUT2D eigenvalue weighted by molar-refractivity contribution is -0.220. The predicted molar refractivity (Wildman–Crippen MR) is 267 cm³/mol. The van der Waals surface area contributed by atoms with E-state index < -0.39 is 63.1 Å². The summed E-state index contributed by atoms with van der Waals surface area (Å²) in [4.78, 5) is 23.3. The molecule has 0 heterocycles. The Hall–Kier alpha value is -0.660. The van der Waals surface area contributed by atoms with E-state index >= 15 is 0 Å². The molecule has 1 fully saturated rings. The first-order valence-corrected chi connectivity index (χ1v) is 29.4. The summed E-state index contributed by atoms with van der Waals surface area (Å²) in [5.74, 6) is -0.468. The minimum Gasteiger partial charge on any atom is -0.457 e. The molecule has 12 nitrogen and oxygen atoms in total. The number of esters is 1. The van der Waals surface area contributed by atoms with E-state index in [1.54, 1.807) is 0 Å². The molecule has 1 rings (SSSR count). The van der Waals surface area contributed by atoms with E-state index in [1.165, 1.54) is 205 Å². The number of carbonyl (C=O) groups is 1. The molecule has 0 spiro atoms. The smallest absolute Gasteiger partial charge is 0.457 e. The first-order chi connectivity index (χ1) is 32.0. The van der Waals surface area contributed by atoms with Crippen molar-refractivity contribution in [1.29, 1.82) is 0 Å². The van der Waals surface area contributed by atoms with E-state index in [-0.39, 0.29) is 13.0 Å². The van der Waals surface area contributed by atoms with Gasteiger partial charge in [-0.05, 0) is 12.8 Å². The Kier molecular flexibility index (Phi) is 42.5. The van der Waals surface area contributed by atoms with Crippen LogP contribution in [0, 0.1) is 0 Å². The molecule has 0 aromatic carbocycles. The van der Waals surface area contributed by atoms with E-state index in [0.717, 1.165) is 38.5 Å². The number of hydrogen-bond donors (Lipinski definition) is 6. The lowest BCUT2D eigenvalue weighted by atomic mass is 9.85. The Bertz CT molecular complexity index is 1100. The van der Waals surface area contributed by atoms with Crippen molar-refractivity contribution in [2.75, 3.05) is 19.8 Å². The van der Waals surface area contributed by atoms with Crippen molar-refractivity contribution in [3.05, 3.63) is 0 Å². The highest BCUT2D eigenvalue weighted by atomic mass is 31.2. The predicted octanol–water partition coefficient (Wildman–Crippen LogP) is 12.9. The van der Waals surface area contributed by atoms with Crippen molar-refractivity contribution in [2.24, 2.45) is 0 Å². The van der Waals surface area contributed by atoms with Crippen LogP contribution < -0.4 is 0 Å². The quantitative estimate of drug-likeness (QED) is 0.0192. The van der Waals surface area contributed by atoms with Gasteiger partial charge in [-0.15, -0.1) is 0 Å². The van der Waals surface area contributed by atoms with Gasteiger partial charge in [0.1, 0.15) is 42.7 Å². The third-order valence-electron chi connectivity index (χ3n) is 13.5. The lowest BCUT2D eigenvalue weighted by Gasteiger charge is -2.41. The maximum absolute atomic E-state index is 12.9. The average molecular weight is 965 g/mol. The Labute approximate surface area is 404 Å². The number of phosphoric ester groups is 1. The Balaban J connectivity index is 2.26. The van der Waals surface area contributed by atoms with Crippen LogP contribution in [0.15, 0.2) is 0 Å². The highest BCUT2D eigenvalue weighted by Gasteiger charge is 2.51. The van der Waals surface area contributed by atoms with Gasteiger partial charge in [-0.2, -0.15) is 0 Å². The normalized spacial score (nSPS) is 21.3. The average Bonchev–Trinajstić information content (AvgIpc) is 3.30. The zero-order chi connectivity index (χ0) is 48.4. The number of aliphatic hydroxyl groups excluding tert-OH is 5. The summed E-state index contributed by atoms with van der Waals surface area (Å²) in [5, 5.41) is 50.4. The highest BCUT2D eigenvalue weighted by Crippen LogP contribution is 2.47. The first kappa shape index (κ1) is 63.4. The van der Waals surface area contributed by atoms with Crippen LogP contribution in [0.4, 0.5) is 0 Å². The second-order valence-electron chi connectivity index (χ2n) is 19.8. The van der Waals surface area contributed by atoms with Gasteiger partial charge in [0.2, 0.25) is 0 Å². The van der Waals surface area contributed by atoms with E-state index in [1.807, 2.05) is 0 Å². The zero-order valence-corrected chi connectivity index (χ0v) is 43.4. The van der Waals surface area contributed by atoms with Crippen LogP contribution in [-0.4, -0.2) is 98.9 Å². The molecule has 0 aliphatic heterocycles. The van der Waals surface area contributed by atoms with Crippen molar-refractivity contribution in [2.45, 2.75) is 313 Å². The Morgan fingerprint density at radius 3 is 1.05 bits per heavy atom. The molecule has 6 atom stereocenters. The number of aliphatic hydroxyl groups is 5. The summed E-state index contributed by atoms with van der Waals surface area (Å²) in [7, 11) is -5.02. The second kappa shape index (κ2) is 44.3. The Morgan fingerprint density at radius 1 is 0.424 bits per heavy atom. The van der Waals surface area contributed by atoms with Gasteiger partial charge >= 0.3 is 13.8 Å². The van der Waals surface area contributed by atoms with Crippen molar-refractivity contribution in [3.63, 3.8) is 0 Å². The van der Waals surface area contributed by atoms with Crippen LogP contribution in [-0.2, 0) is 27.9 Å². The molecule has 0 bridgehead atoms. The lowest BCUT2D eigenvalue weighted by Crippen LogP contribution is -2.64. The summed E-state index contributed by atoms with van der Waals surface area (Å²) < 4.78 is 34.4. The fourth-order valence-electron chi connectivity index (χ4n) is 9.07. The molecule has 66 heavy (non-hydrogen) atoms. The van der Waals surface area contributed by atoms with Crippen LogP contribution in [0.1, 0.15) is 271 Å². The molecule has 0 radical (unpaired) electrons. The van der Waals surface area contributed by atoms with Crippen molar-refractivity contribution < 1.29 is 58.3 Å². The fraction of sp³-hybridized carbons (Fsp3) is 0.981. The molecule has 0 aromatic heterocycles. The molecule has 394 valence electrons. The molecule has 0 saturated heterocycles. The number of unbranched alkanes of at least 4 members (excludes halogenated alkanes) is 37. The minimum absolute atomic E-state index is 0.0672. The number of carbonyl (C=O) groups excluding carboxylic acids is 1. The van der Waals surface area contributed by atoms with Crippen molar-refractivity contribution >= 4 is 13.8 Å². The number of ether oxygens (including phenoxy) is 2. The number of phosphoric acid groups is 1. The molecule has 6 N–H and O–H groups in total. The van der Waals surface area contributed by atoms with Gasteiger partial charge in [0.25, 0.3) is 0 Å². The standard InChI is InChI=1S/C53H105O12P/c1-3-5-7-9-11-13-15-17-19-21-22-23-24-25-26-27-29-31-33-35-37-39-41-43-62-44-46(45-63-66(60,61)65-53-51(58)49(56)48(55)50(57)52(53)59)64-47(54)42-40-38-36-34-32-30-28-20-18-16-14-12-10-8-6-4-2/h46,48-53,55-59H,3-45H2,1-2H3,(H,60,61). The van der Waals surface area contributed by atoms with Gasteiger partial charge in [-0.25, -0.2) is 4.57 Å². The summed E-state index contributed by atoms with van der Waals surface area (Å²) in [6, 6.07) is 0. The van der Waals surface area contributed by atoms with Crippen molar-refractivity contribution in [1.82, 2.24) is 0 Å². The first-order valence-electron chi connectivity index (χ1n) is 27.9. The monoisotopic (exact) mass is 965 g/mol. The maximum Gasteiger partial charge on any atom is 0.472 e. The molecule has 0 aromatic rings. The molecule has 1 aliphatic rings. The Morgan fingerprint density at radius 2 is 0.712 bits per heavy atom. The van der Waals surface area contributed by atoms with Crippen LogP contribution in [0.2, 0.25) is 0 Å². The van der Waals surface area contributed by atoms with E-state index in [2.05, 4.69) is 13.8 Å². The molecule has 1 saturated carbocycles. The molecule has 6 unspecified atom stereocenters. The largest absolute Gasteiger partial charge is 0.472 e. The fourth-order valence-corrected chi connectivity index (χ4v) is 10.0. The zero-order valence-electron chi connectivity index (χ0n) is 42.5. The van der Waals surface area contributed by atoms with Crippen LogP contribution >= 0.6 is 7.82 Å². The van der Waals surface area contributed by atoms with Gasteiger partial charge in [-0.3, -0.25) is 13.8 Å².